The molecule has 0 aliphatic rings. The highest BCUT2D eigenvalue weighted by molar-refractivity contribution is 7.26. The summed E-state index contributed by atoms with van der Waals surface area (Å²) in [7, 11) is 0. The topological polar surface area (TPSA) is 8.17 Å². The first-order chi connectivity index (χ1) is 31.2. The van der Waals surface area contributed by atoms with Gasteiger partial charge in [-0.1, -0.05) is 176 Å². The molecule has 0 radical (unpaired) electrons. The maximum atomic E-state index is 2.44. The standard InChI is InChI=1S/C60H40N2S/c1-2-15-41(16-3-1)42-31-33-43(34-32-42)46-18-13-20-49(40-46)61(57-28-14-30-59-60(57)53-24-7-11-29-58(53)63-59)48-37-35-44(36-38-48)45-17-12-19-47(39-45)50-21-4-8-25-54(50)62-55-26-9-5-22-51(55)52-23-6-10-27-56(52)62/h1-40H. The highest BCUT2D eigenvalue weighted by atomic mass is 32.1. The number of fused-ring (bicyclic) bond motifs is 6. The van der Waals surface area contributed by atoms with E-state index >= 15 is 0 Å². The minimum Gasteiger partial charge on any atom is -0.310 e. The summed E-state index contributed by atoms with van der Waals surface area (Å²) in [5.74, 6) is 0. The maximum absolute atomic E-state index is 2.44. The van der Waals surface area contributed by atoms with Gasteiger partial charge in [-0.3, -0.25) is 0 Å². The SMILES string of the molecule is c1ccc(-c2ccc(-c3cccc(N(c4ccc(-c5cccc(-c6ccccc6-n6c7ccccc7c7ccccc76)c5)cc4)c4cccc5sc6ccccc6c45)c3)cc2)cc1. The first-order valence-electron chi connectivity index (χ1n) is 21.5. The molecule has 12 aromatic rings. The molecule has 2 aromatic heterocycles. The lowest BCUT2D eigenvalue weighted by Crippen LogP contribution is -2.10. The van der Waals surface area contributed by atoms with Crippen molar-refractivity contribution in [2.45, 2.75) is 0 Å². The van der Waals surface area contributed by atoms with Gasteiger partial charge in [-0.15, -0.1) is 11.3 Å². The van der Waals surface area contributed by atoms with Crippen LogP contribution in [0.2, 0.25) is 0 Å². The summed E-state index contributed by atoms with van der Waals surface area (Å²) in [6.45, 7) is 0. The second-order valence-corrected chi connectivity index (χ2v) is 17.2. The Balaban J connectivity index is 0.949. The number of nitrogens with zero attached hydrogens (tertiary/aromatic N) is 2. The Bertz CT molecular complexity index is 3560. The fourth-order valence-electron chi connectivity index (χ4n) is 9.44. The van der Waals surface area contributed by atoms with Crippen molar-refractivity contribution in [2.75, 3.05) is 4.90 Å². The molecule has 0 bridgehead atoms. The van der Waals surface area contributed by atoms with Gasteiger partial charge in [-0.25, -0.2) is 0 Å². The normalized spacial score (nSPS) is 11.5. The molecule has 0 fully saturated rings. The van der Waals surface area contributed by atoms with Crippen molar-refractivity contribution in [3.05, 3.63) is 243 Å². The van der Waals surface area contributed by atoms with E-state index in [-0.39, 0.29) is 0 Å². The van der Waals surface area contributed by atoms with E-state index < -0.39 is 0 Å². The van der Waals surface area contributed by atoms with Gasteiger partial charge in [-0.2, -0.15) is 0 Å². The molecule has 0 spiro atoms. The van der Waals surface area contributed by atoms with Gasteiger partial charge in [-0.05, 0) is 106 Å². The van der Waals surface area contributed by atoms with E-state index in [4.69, 9.17) is 0 Å². The number of aromatic nitrogens is 1. The molecule has 2 nitrogen and oxygen atoms in total. The fourth-order valence-corrected chi connectivity index (χ4v) is 10.6. The highest BCUT2D eigenvalue weighted by Crippen LogP contribution is 2.46. The van der Waals surface area contributed by atoms with Crippen LogP contribution in [0, 0.1) is 0 Å². The van der Waals surface area contributed by atoms with Crippen molar-refractivity contribution in [2.24, 2.45) is 0 Å². The second-order valence-electron chi connectivity index (χ2n) is 16.1. The number of anilines is 3. The van der Waals surface area contributed by atoms with Crippen LogP contribution >= 0.6 is 11.3 Å². The molecule has 0 aliphatic heterocycles. The highest BCUT2D eigenvalue weighted by Gasteiger charge is 2.20. The van der Waals surface area contributed by atoms with Crippen molar-refractivity contribution in [1.29, 1.82) is 0 Å². The average Bonchev–Trinajstić information content (AvgIpc) is 3.91. The molecular weight excluding hydrogens is 781 g/mol. The number of hydrogen-bond acceptors (Lipinski definition) is 2. The smallest absolute Gasteiger partial charge is 0.0554 e. The van der Waals surface area contributed by atoms with E-state index in [1.807, 2.05) is 11.3 Å². The Morgan fingerprint density at radius 2 is 0.825 bits per heavy atom. The quantitative estimate of drug-likeness (QED) is 0.148. The zero-order valence-corrected chi connectivity index (χ0v) is 35.2. The summed E-state index contributed by atoms with van der Waals surface area (Å²) in [5.41, 5.74) is 16.5. The molecule has 0 saturated heterocycles. The van der Waals surface area contributed by atoms with E-state index in [9.17, 15) is 0 Å². The van der Waals surface area contributed by atoms with E-state index in [2.05, 4.69) is 252 Å². The Kier molecular flexibility index (Phi) is 9.06. The number of benzene rings is 10. The van der Waals surface area contributed by atoms with Crippen LogP contribution in [0.3, 0.4) is 0 Å². The molecule has 0 saturated carbocycles. The third kappa shape index (κ3) is 6.50. The molecule has 3 heteroatoms. The van der Waals surface area contributed by atoms with E-state index in [1.165, 1.54) is 92.2 Å². The second kappa shape index (κ2) is 15.5. The van der Waals surface area contributed by atoms with Crippen molar-refractivity contribution >= 4 is 70.4 Å². The van der Waals surface area contributed by atoms with Gasteiger partial charge in [0.25, 0.3) is 0 Å². The van der Waals surface area contributed by atoms with Gasteiger partial charge in [0.05, 0.1) is 22.4 Å². The monoisotopic (exact) mass is 820 g/mol. The molecule has 0 aliphatic carbocycles. The van der Waals surface area contributed by atoms with Crippen LogP contribution < -0.4 is 4.90 Å². The fraction of sp³-hybridized carbons (Fsp3) is 0. The minimum absolute atomic E-state index is 1.10. The van der Waals surface area contributed by atoms with Crippen LogP contribution in [0.4, 0.5) is 17.1 Å². The van der Waals surface area contributed by atoms with Gasteiger partial charge in [0, 0.05) is 47.9 Å². The molecule has 12 rings (SSSR count). The first-order valence-corrected chi connectivity index (χ1v) is 22.3. The van der Waals surface area contributed by atoms with Crippen LogP contribution in [-0.4, -0.2) is 4.57 Å². The number of hydrogen-bond donors (Lipinski definition) is 0. The van der Waals surface area contributed by atoms with Crippen LogP contribution in [0.25, 0.3) is 92.2 Å². The zero-order valence-electron chi connectivity index (χ0n) is 34.4. The zero-order chi connectivity index (χ0) is 41.7. The van der Waals surface area contributed by atoms with Gasteiger partial charge >= 0.3 is 0 Å². The van der Waals surface area contributed by atoms with Crippen LogP contribution in [0.5, 0.6) is 0 Å². The molecular formula is C60H40N2S. The summed E-state index contributed by atoms with van der Waals surface area (Å²) in [6, 6.07) is 88.3. The van der Waals surface area contributed by atoms with Gasteiger partial charge in [0.1, 0.15) is 0 Å². The predicted octanol–water partition coefficient (Wildman–Crippen LogP) is 17.3. The summed E-state index contributed by atoms with van der Waals surface area (Å²) in [5, 5.41) is 5.08. The first kappa shape index (κ1) is 36.8. The van der Waals surface area contributed by atoms with Crippen molar-refractivity contribution in [3.8, 4) is 50.2 Å². The van der Waals surface area contributed by atoms with Crippen LogP contribution in [0.15, 0.2) is 243 Å². The summed E-state index contributed by atoms with van der Waals surface area (Å²) >= 11 is 1.85. The summed E-state index contributed by atoms with van der Waals surface area (Å²) < 4.78 is 4.99. The predicted molar refractivity (Wildman–Crippen MR) is 270 cm³/mol. The van der Waals surface area contributed by atoms with Gasteiger partial charge in [0.2, 0.25) is 0 Å². The Hall–Kier alpha value is -7.98. The van der Waals surface area contributed by atoms with E-state index in [0.29, 0.717) is 0 Å². The molecule has 296 valence electrons. The number of para-hydroxylation sites is 3. The lowest BCUT2D eigenvalue weighted by Gasteiger charge is -2.27. The molecule has 2 heterocycles. The Morgan fingerprint density at radius 3 is 1.57 bits per heavy atom. The number of thiophene rings is 1. The van der Waals surface area contributed by atoms with Gasteiger partial charge < -0.3 is 9.47 Å². The van der Waals surface area contributed by atoms with E-state index in [1.54, 1.807) is 0 Å². The number of rotatable bonds is 8. The maximum Gasteiger partial charge on any atom is 0.0554 e. The van der Waals surface area contributed by atoms with Crippen molar-refractivity contribution in [3.63, 3.8) is 0 Å². The van der Waals surface area contributed by atoms with Gasteiger partial charge in [0.15, 0.2) is 0 Å². The molecule has 63 heavy (non-hydrogen) atoms. The van der Waals surface area contributed by atoms with Crippen LogP contribution in [-0.2, 0) is 0 Å². The average molecular weight is 821 g/mol. The van der Waals surface area contributed by atoms with Crippen molar-refractivity contribution in [1.82, 2.24) is 4.57 Å². The Morgan fingerprint density at radius 1 is 0.317 bits per heavy atom. The summed E-state index contributed by atoms with van der Waals surface area (Å²) in [6.07, 6.45) is 0. The summed E-state index contributed by atoms with van der Waals surface area (Å²) in [4.78, 5) is 2.44. The molecule has 0 unspecified atom stereocenters. The molecule has 0 amide bonds. The Labute approximate surface area is 370 Å². The third-order valence-electron chi connectivity index (χ3n) is 12.4. The molecule has 0 atom stereocenters. The van der Waals surface area contributed by atoms with E-state index in [0.717, 1.165) is 17.1 Å². The van der Waals surface area contributed by atoms with Crippen molar-refractivity contribution < 1.29 is 0 Å². The third-order valence-corrected chi connectivity index (χ3v) is 13.5. The lowest BCUT2D eigenvalue weighted by atomic mass is 9.97. The molecule has 10 aromatic carbocycles. The minimum atomic E-state index is 1.10. The largest absolute Gasteiger partial charge is 0.310 e. The van der Waals surface area contributed by atoms with Crippen LogP contribution in [0.1, 0.15) is 0 Å². The lowest BCUT2D eigenvalue weighted by molar-refractivity contribution is 1.18. The molecule has 0 N–H and O–H groups in total.